The molecule has 4 nitrogen and oxygen atoms in total. The van der Waals surface area contributed by atoms with Crippen LogP contribution in [0.15, 0.2) is 24.3 Å². The first kappa shape index (κ1) is 20.4. The maximum atomic E-state index is 10.8. The first-order valence-corrected chi connectivity index (χ1v) is 13.5. The third-order valence-corrected chi connectivity index (χ3v) is 6.57. The fraction of sp³-hybridized carbons (Fsp3) is 0.647. The summed E-state index contributed by atoms with van der Waals surface area (Å²) in [6.45, 7) is 8.36. The van der Waals surface area contributed by atoms with Crippen LogP contribution in [-0.4, -0.2) is 58.5 Å². The van der Waals surface area contributed by atoms with Gasteiger partial charge in [-0.3, -0.25) is 0 Å². The third-order valence-electron chi connectivity index (χ3n) is 4.14. The summed E-state index contributed by atoms with van der Waals surface area (Å²) < 4.78 is 32.8. The Bertz CT molecular complexity index is 589. The van der Waals surface area contributed by atoms with Crippen molar-refractivity contribution in [3.05, 3.63) is 35.4 Å². The number of likely N-dealkylation sites (N-methyl/N-ethyl adjacent to an activating group) is 1. The van der Waals surface area contributed by atoms with Crippen molar-refractivity contribution in [3.63, 3.8) is 0 Å². The summed E-state index contributed by atoms with van der Waals surface area (Å²) in [5, 5.41) is 0. The quantitative estimate of drug-likeness (QED) is 0.388. The highest BCUT2D eigenvalue weighted by molar-refractivity contribution is 7.85. The van der Waals surface area contributed by atoms with Gasteiger partial charge in [-0.2, -0.15) is 0 Å². The van der Waals surface area contributed by atoms with Crippen LogP contribution in [0, 0.1) is 0 Å². The van der Waals surface area contributed by atoms with Crippen molar-refractivity contribution in [1.29, 1.82) is 0 Å². The number of hydrogen-bond donors (Lipinski definition) is 0. The lowest BCUT2D eigenvalue weighted by Crippen LogP contribution is -2.44. The summed E-state index contributed by atoms with van der Waals surface area (Å²) >= 11 is 0. The van der Waals surface area contributed by atoms with Crippen LogP contribution in [0.5, 0.6) is 0 Å². The Morgan fingerprint density at radius 2 is 1.43 bits per heavy atom. The van der Waals surface area contributed by atoms with Crippen LogP contribution in [0.2, 0.25) is 25.7 Å². The summed E-state index contributed by atoms with van der Waals surface area (Å²) in [6, 6.07) is 10.1. The number of rotatable bonds is 9. The third kappa shape index (κ3) is 9.91. The van der Waals surface area contributed by atoms with Crippen molar-refractivity contribution in [3.8, 4) is 0 Å². The van der Waals surface area contributed by atoms with Crippen LogP contribution in [0.1, 0.15) is 11.1 Å². The molecule has 23 heavy (non-hydrogen) atoms. The lowest BCUT2D eigenvalue weighted by molar-refractivity contribution is -0.887. The van der Waals surface area contributed by atoms with Gasteiger partial charge >= 0.3 is 0 Å². The molecule has 6 heteroatoms. The molecule has 0 heterocycles. The van der Waals surface area contributed by atoms with Crippen molar-refractivity contribution in [2.45, 2.75) is 38.5 Å². The highest BCUT2D eigenvalue weighted by Crippen LogP contribution is 2.15. The molecule has 0 saturated heterocycles. The molecule has 1 rings (SSSR count). The zero-order valence-electron chi connectivity index (χ0n) is 15.1. The van der Waals surface area contributed by atoms with Crippen molar-refractivity contribution >= 4 is 18.2 Å². The van der Waals surface area contributed by atoms with Crippen molar-refractivity contribution in [2.24, 2.45) is 0 Å². The summed E-state index contributed by atoms with van der Waals surface area (Å²) in [4.78, 5) is 0. The number of quaternary nitrogens is 1. The zero-order valence-corrected chi connectivity index (χ0v) is 16.9. The maximum Gasteiger partial charge on any atom is 0.100 e. The molecule has 0 spiro atoms. The van der Waals surface area contributed by atoms with Crippen LogP contribution >= 0.6 is 0 Å². The molecule has 0 aliphatic rings. The van der Waals surface area contributed by atoms with Gasteiger partial charge in [-0.15, -0.1) is 0 Å². The largest absolute Gasteiger partial charge is 0.748 e. The first-order valence-electron chi connectivity index (χ1n) is 8.20. The Hall–Kier alpha value is -0.693. The normalized spacial score (nSPS) is 13.3. The average Bonchev–Trinajstić information content (AvgIpc) is 2.41. The lowest BCUT2D eigenvalue weighted by atomic mass is 10.1. The molecular weight excluding hydrogens is 326 g/mol. The molecule has 0 aliphatic heterocycles. The molecule has 1 aromatic carbocycles. The summed E-state index contributed by atoms with van der Waals surface area (Å²) in [6.07, 6.45) is 2.04. The fourth-order valence-corrected chi connectivity index (χ4v) is 4.05. The molecule has 0 bridgehead atoms. The smallest absolute Gasteiger partial charge is 0.100 e. The summed E-state index contributed by atoms with van der Waals surface area (Å²) in [5.74, 6) is -0.296. The van der Waals surface area contributed by atoms with E-state index in [9.17, 15) is 13.0 Å². The van der Waals surface area contributed by atoms with Gasteiger partial charge in [-0.1, -0.05) is 50.0 Å². The highest BCUT2D eigenvalue weighted by Gasteiger charge is 2.16. The van der Waals surface area contributed by atoms with E-state index in [1.165, 1.54) is 17.2 Å². The Balaban J connectivity index is 2.49. The van der Waals surface area contributed by atoms with Gasteiger partial charge in [0.2, 0.25) is 0 Å². The minimum absolute atomic E-state index is 0.296. The summed E-state index contributed by atoms with van der Waals surface area (Å²) in [5.41, 5.74) is 2.65. The molecule has 0 atom stereocenters. The summed E-state index contributed by atoms with van der Waals surface area (Å²) in [7, 11) is -1.19. The lowest BCUT2D eigenvalue weighted by Gasteiger charge is -2.30. The van der Waals surface area contributed by atoms with E-state index in [0.29, 0.717) is 11.0 Å². The molecule has 0 saturated carbocycles. The standard InChI is InChI=1S/C17H31NO3SSi/c1-18(2,13-14-22(19,20)21)12-10-16-6-8-17(9-7-16)11-15-23(3,4)5/h6-9H,10-15H2,1-5H3. The Morgan fingerprint density at radius 3 is 1.87 bits per heavy atom. The van der Waals surface area contributed by atoms with E-state index in [4.69, 9.17) is 0 Å². The monoisotopic (exact) mass is 357 g/mol. The van der Waals surface area contributed by atoms with Crippen LogP contribution in [0.25, 0.3) is 0 Å². The van der Waals surface area contributed by atoms with Gasteiger partial charge in [0.15, 0.2) is 0 Å². The zero-order chi connectivity index (χ0) is 17.7. The van der Waals surface area contributed by atoms with Gasteiger partial charge in [-0.05, 0) is 17.5 Å². The Kier molecular flexibility index (Phi) is 7.01. The first-order chi connectivity index (χ1) is 10.4. The van der Waals surface area contributed by atoms with Crippen molar-refractivity contribution in [1.82, 2.24) is 0 Å². The minimum Gasteiger partial charge on any atom is -0.748 e. The van der Waals surface area contributed by atoms with Crippen LogP contribution in [0.4, 0.5) is 0 Å². The van der Waals surface area contributed by atoms with Gasteiger partial charge in [0, 0.05) is 14.5 Å². The van der Waals surface area contributed by atoms with Gasteiger partial charge in [-0.25, -0.2) is 8.42 Å². The molecule has 0 N–H and O–H groups in total. The molecule has 1 aromatic rings. The van der Waals surface area contributed by atoms with E-state index in [1.54, 1.807) is 0 Å². The molecule has 0 radical (unpaired) electrons. The molecule has 0 aromatic heterocycles. The second kappa shape index (κ2) is 7.92. The predicted molar refractivity (Wildman–Crippen MR) is 98.4 cm³/mol. The van der Waals surface area contributed by atoms with Crippen LogP contribution < -0.4 is 0 Å². The predicted octanol–water partition coefficient (Wildman–Crippen LogP) is 2.73. The topological polar surface area (TPSA) is 57.2 Å². The molecule has 132 valence electrons. The van der Waals surface area contributed by atoms with E-state index < -0.39 is 18.2 Å². The second-order valence-electron chi connectivity index (χ2n) is 8.27. The van der Waals surface area contributed by atoms with E-state index in [0.717, 1.165) is 19.4 Å². The Labute approximate surface area is 142 Å². The van der Waals surface area contributed by atoms with Crippen molar-refractivity contribution < 1.29 is 17.5 Å². The van der Waals surface area contributed by atoms with E-state index >= 15 is 0 Å². The fourth-order valence-electron chi connectivity index (χ4n) is 2.29. The number of aryl methyl sites for hydroxylation is 1. The average molecular weight is 358 g/mol. The number of nitrogens with zero attached hydrogens (tertiary/aromatic N) is 1. The molecule has 0 amide bonds. The second-order valence-corrected chi connectivity index (χ2v) is 15.4. The van der Waals surface area contributed by atoms with Gasteiger partial charge in [0.05, 0.1) is 32.9 Å². The highest BCUT2D eigenvalue weighted by atomic mass is 32.2. The van der Waals surface area contributed by atoms with Gasteiger partial charge in [0.1, 0.15) is 10.1 Å². The molecule has 0 aliphatic carbocycles. The van der Waals surface area contributed by atoms with E-state index in [1.807, 2.05) is 14.1 Å². The molecular formula is C17H31NO3SSi. The van der Waals surface area contributed by atoms with E-state index in [-0.39, 0.29) is 5.75 Å². The Morgan fingerprint density at radius 1 is 0.957 bits per heavy atom. The maximum absolute atomic E-state index is 10.8. The van der Waals surface area contributed by atoms with Crippen LogP contribution in [-0.2, 0) is 23.0 Å². The number of hydrogen-bond acceptors (Lipinski definition) is 3. The van der Waals surface area contributed by atoms with Gasteiger partial charge < -0.3 is 9.04 Å². The van der Waals surface area contributed by atoms with E-state index in [2.05, 4.69) is 43.9 Å². The molecule has 0 fully saturated rings. The van der Waals surface area contributed by atoms with Crippen LogP contribution in [0.3, 0.4) is 0 Å². The minimum atomic E-state index is -4.13. The number of benzene rings is 1. The molecule has 0 unspecified atom stereocenters. The van der Waals surface area contributed by atoms with Crippen molar-refractivity contribution in [2.75, 3.05) is 32.9 Å². The SMILES string of the molecule is C[N+](C)(CCc1ccc(CC[Si](C)(C)C)cc1)CCS(=O)(=O)[O-]. The van der Waals surface area contributed by atoms with Gasteiger partial charge in [0.25, 0.3) is 0 Å².